The molecule has 1 atom stereocenters. The molecule has 3 N–H and O–H groups in total. The maximum atomic E-state index is 15.0. The Morgan fingerprint density at radius 3 is 2.38 bits per heavy atom. The van der Waals surface area contributed by atoms with Crippen LogP contribution < -0.4 is 10.5 Å². The van der Waals surface area contributed by atoms with Gasteiger partial charge in [-0.3, -0.25) is 14.2 Å². The fraction of sp³-hybridized carbons (Fsp3) is 0.231. The second-order valence-corrected chi connectivity index (χ2v) is 10.2. The van der Waals surface area contributed by atoms with E-state index in [2.05, 4.69) is 4.99 Å². The van der Waals surface area contributed by atoms with Gasteiger partial charge in [0.25, 0.3) is 16.0 Å². The average molecular weight is 530 g/mol. The molecular weight excluding hydrogens is 504 g/mol. The number of carbonyl (C=O) groups is 1. The second kappa shape index (κ2) is 9.91. The van der Waals surface area contributed by atoms with E-state index in [1.54, 1.807) is 36.4 Å². The molecule has 0 saturated carbocycles. The lowest BCUT2D eigenvalue weighted by Gasteiger charge is -2.27. The summed E-state index contributed by atoms with van der Waals surface area (Å²) in [4.78, 5) is 19.3. The Labute approximate surface area is 213 Å². The van der Waals surface area contributed by atoms with Crippen molar-refractivity contribution >= 4 is 22.0 Å². The molecule has 4 rings (SSSR count). The molecule has 3 aromatic rings. The minimum atomic E-state index is -4.06. The van der Waals surface area contributed by atoms with Crippen LogP contribution in [0.3, 0.4) is 0 Å². The summed E-state index contributed by atoms with van der Waals surface area (Å²) in [6.07, 6.45) is 0.603. The van der Waals surface area contributed by atoms with Gasteiger partial charge < -0.3 is 10.5 Å². The van der Waals surface area contributed by atoms with Crippen LogP contribution in [0.25, 0.3) is 11.1 Å². The number of halogens is 2. The van der Waals surface area contributed by atoms with Gasteiger partial charge in [-0.1, -0.05) is 42.5 Å². The van der Waals surface area contributed by atoms with E-state index in [0.717, 1.165) is 11.6 Å². The second-order valence-electron chi connectivity index (χ2n) is 8.65. The van der Waals surface area contributed by atoms with Gasteiger partial charge in [-0.15, -0.1) is 0 Å². The van der Waals surface area contributed by atoms with Crippen LogP contribution in [0.5, 0.6) is 5.75 Å². The third-order valence-corrected chi connectivity index (χ3v) is 7.13. The number of hydrogen-bond donors (Lipinski definition) is 2. The Bertz CT molecular complexity index is 1490. The van der Waals surface area contributed by atoms with Gasteiger partial charge in [0.05, 0.1) is 18.4 Å². The van der Waals surface area contributed by atoms with Gasteiger partial charge in [-0.2, -0.15) is 8.42 Å². The summed E-state index contributed by atoms with van der Waals surface area (Å²) in [5.74, 6) is -2.63. The molecule has 0 aromatic heterocycles. The van der Waals surface area contributed by atoms with E-state index in [-0.39, 0.29) is 35.0 Å². The number of aliphatic imine (C=N–C) groups is 1. The molecule has 8 nitrogen and oxygen atoms in total. The van der Waals surface area contributed by atoms with Gasteiger partial charge in [0.2, 0.25) is 0 Å². The summed E-state index contributed by atoms with van der Waals surface area (Å²) in [5, 5.41) is 0. The Kier molecular flexibility index (Phi) is 7.03. The number of methoxy groups -OCH3 is 1. The van der Waals surface area contributed by atoms with E-state index in [9.17, 15) is 17.6 Å². The molecule has 0 aliphatic carbocycles. The molecule has 1 aliphatic heterocycles. The topological polar surface area (TPSA) is 122 Å². The van der Waals surface area contributed by atoms with E-state index in [4.69, 9.17) is 15.0 Å². The summed E-state index contributed by atoms with van der Waals surface area (Å²) in [7, 11) is -1.30. The summed E-state index contributed by atoms with van der Waals surface area (Å²) < 4.78 is 65.7. The molecule has 0 radical (unpaired) electrons. The molecule has 11 heteroatoms. The number of amides is 1. The van der Waals surface area contributed by atoms with Crippen LogP contribution >= 0.6 is 0 Å². The summed E-state index contributed by atoms with van der Waals surface area (Å²) in [6, 6.07) is 15.3. The molecule has 37 heavy (non-hydrogen) atoms. The number of rotatable bonds is 8. The molecule has 194 valence electrons. The number of carbonyl (C=O) groups excluding carboxylic acids is 1. The van der Waals surface area contributed by atoms with Crippen molar-refractivity contribution < 1.29 is 31.3 Å². The van der Waals surface area contributed by atoms with E-state index in [1.165, 1.54) is 37.3 Å². The van der Waals surface area contributed by atoms with Crippen molar-refractivity contribution in [3.05, 3.63) is 89.0 Å². The monoisotopic (exact) mass is 529 g/mol. The first-order valence-electron chi connectivity index (χ1n) is 11.3. The zero-order chi connectivity index (χ0) is 27.0. The number of guanidine groups is 1. The predicted molar refractivity (Wildman–Crippen MR) is 135 cm³/mol. The molecule has 1 aliphatic rings. The van der Waals surface area contributed by atoms with Crippen LogP contribution in [0.1, 0.15) is 23.1 Å². The maximum absolute atomic E-state index is 15.0. The number of ether oxygens (including phenoxy) is 1. The number of likely N-dealkylation sites (N-methyl/N-ethyl adjacent to an activating group) is 1. The first-order valence-corrected chi connectivity index (χ1v) is 12.9. The minimum Gasteiger partial charge on any atom is -0.494 e. The molecule has 0 fully saturated rings. The SMILES string of the molecule is COc1ccc(F)c(-c2cccc(C3(c4ccc(CCCS(=O)(=O)O)cc4)N=C(N)N(C)C3=O)c2)c1F. The number of nitrogens with zero attached hydrogens (tertiary/aromatic N) is 2. The summed E-state index contributed by atoms with van der Waals surface area (Å²) in [5.41, 5.74) is 5.90. The van der Waals surface area contributed by atoms with Gasteiger partial charge in [0.15, 0.2) is 23.1 Å². The fourth-order valence-corrected chi connectivity index (χ4v) is 4.92. The number of nitrogens with two attached hydrogens (primary N) is 1. The Morgan fingerprint density at radius 2 is 1.78 bits per heavy atom. The van der Waals surface area contributed by atoms with Gasteiger partial charge in [-0.05, 0) is 53.3 Å². The summed E-state index contributed by atoms with van der Waals surface area (Å²) in [6.45, 7) is 0. The number of hydrogen-bond acceptors (Lipinski definition) is 6. The highest BCUT2D eigenvalue weighted by molar-refractivity contribution is 7.85. The number of benzene rings is 3. The van der Waals surface area contributed by atoms with Gasteiger partial charge >= 0.3 is 0 Å². The molecule has 0 saturated heterocycles. The predicted octanol–water partition coefficient (Wildman–Crippen LogP) is 3.49. The Hall–Kier alpha value is -3.83. The zero-order valence-electron chi connectivity index (χ0n) is 20.1. The van der Waals surface area contributed by atoms with Crippen LogP contribution in [0, 0.1) is 11.6 Å². The van der Waals surface area contributed by atoms with Gasteiger partial charge in [-0.25, -0.2) is 13.8 Å². The summed E-state index contributed by atoms with van der Waals surface area (Å²) >= 11 is 0. The molecule has 1 amide bonds. The van der Waals surface area contributed by atoms with Crippen molar-refractivity contribution in [1.82, 2.24) is 4.90 Å². The van der Waals surface area contributed by atoms with Gasteiger partial charge in [0.1, 0.15) is 5.82 Å². The quantitative estimate of drug-likeness (QED) is 0.431. The van der Waals surface area contributed by atoms with E-state index >= 15 is 4.39 Å². The average Bonchev–Trinajstić information content (AvgIpc) is 3.09. The molecule has 1 heterocycles. The Morgan fingerprint density at radius 1 is 1.08 bits per heavy atom. The molecule has 1 unspecified atom stereocenters. The van der Waals surface area contributed by atoms with Crippen LogP contribution in [0.4, 0.5) is 8.78 Å². The smallest absolute Gasteiger partial charge is 0.266 e. The maximum Gasteiger partial charge on any atom is 0.266 e. The standard InChI is InChI=1S/C26H25F2N3O5S/c1-31-24(32)26(30-25(31)29,18-10-8-16(9-11-18)5-4-14-37(33,34)35)19-7-3-6-17(15-19)22-20(27)12-13-21(36-2)23(22)28/h3,6-13,15H,4-5,14H2,1-2H3,(H2,29,30)(H,33,34,35). The van der Waals surface area contributed by atoms with Crippen LogP contribution in [-0.2, 0) is 26.9 Å². The molecule has 0 spiro atoms. The van der Waals surface area contributed by atoms with Crippen LogP contribution in [-0.4, -0.2) is 49.6 Å². The van der Waals surface area contributed by atoms with E-state index in [1.807, 2.05) is 0 Å². The zero-order valence-corrected chi connectivity index (χ0v) is 20.9. The van der Waals surface area contributed by atoms with Gasteiger partial charge in [0, 0.05) is 7.05 Å². The lowest BCUT2D eigenvalue weighted by Crippen LogP contribution is -2.41. The largest absolute Gasteiger partial charge is 0.494 e. The number of aryl methyl sites for hydroxylation is 1. The molecule has 3 aromatic carbocycles. The van der Waals surface area contributed by atoms with Crippen molar-refractivity contribution in [2.75, 3.05) is 19.9 Å². The third-order valence-electron chi connectivity index (χ3n) is 6.32. The van der Waals surface area contributed by atoms with E-state index in [0.29, 0.717) is 17.5 Å². The minimum absolute atomic E-state index is 0.0219. The van der Waals surface area contributed by atoms with Crippen LogP contribution in [0.2, 0.25) is 0 Å². The Balaban J connectivity index is 1.80. The lowest BCUT2D eigenvalue weighted by molar-refractivity contribution is -0.129. The van der Waals surface area contributed by atoms with Crippen molar-refractivity contribution in [2.24, 2.45) is 10.7 Å². The highest BCUT2D eigenvalue weighted by Crippen LogP contribution is 2.41. The molecule has 0 bridgehead atoms. The van der Waals surface area contributed by atoms with Crippen molar-refractivity contribution in [2.45, 2.75) is 18.4 Å². The highest BCUT2D eigenvalue weighted by Gasteiger charge is 2.49. The first kappa shape index (κ1) is 26.2. The first-order chi connectivity index (χ1) is 17.5. The van der Waals surface area contributed by atoms with Crippen molar-refractivity contribution in [3.63, 3.8) is 0 Å². The fourth-order valence-electron chi connectivity index (χ4n) is 4.41. The molecular formula is C26H25F2N3O5S. The van der Waals surface area contributed by atoms with Crippen LogP contribution in [0.15, 0.2) is 65.7 Å². The van der Waals surface area contributed by atoms with Crippen molar-refractivity contribution in [1.29, 1.82) is 0 Å². The van der Waals surface area contributed by atoms with E-state index < -0.39 is 33.2 Å². The van der Waals surface area contributed by atoms with Crippen molar-refractivity contribution in [3.8, 4) is 16.9 Å². The highest BCUT2D eigenvalue weighted by atomic mass is 32.2. The third kappa shape index (κ3) is 4.92. The normalized spacial score (nSPS) is 17.7. The lowest BCUT2D eigenvalue weighted by atomic mass is 9.81.